The second kappa shape index (κ2) is 7.07. The molecule has 1 aliphatic heterocycles. The second-order valence-corrected chi connectivity index (χ2v) is 5.63. The smallest absolute Gasteiger partial charge is 0.304 e. The van der Waals surface area contributed by atoms with E-state index >= 15 is 0 Å². The van der Waals surface area contributed by atoms with Gasteiger partial charge in [-0.1, -0.05) is 29.8 Å². The summed E-state index contributed by atoms with van der Waals surface area (Å²) in [6.45, 7) is 6.56. The molecular formula is C15H21ClN2O2. The lowest BCUT2D eigenvalue weighted by Crippen LogP contribution is -2.47. The largest absolute Gasteiger partial charge is 0.481 e. The van der Waals surface area contributed by atoms with Gasteiger partial charge in [-0.2, -0.15) is 0 Å². The van der Waals surface area contributed by atoms with E-state index in [4.69, 9.17) is 16.7 Å². The standard InChI is InChI=1S/C15H21ClN2O2/c1-12(13-4-2-3-5-14(13)16)18-10-8-17(9-11-18)7-6-15(19)20/h2-5,12H,6-11H2,1H3,(H,19,20). The minimum atomic E-state index is -0.725. The fourth-order valence-corrected chi connectivity index (χ4v) is 2.93. The van der Waals surface area contributed by atoms with Crippen molar-refractivity contribution in [2.45, 2.75) is 19.4 Å². The maximum Gasteiger partial charge on any atom is 0.304 e. The van der Waals surface area contributed by atoms with E-state index in [1.54, 1.807) is 0 Å². The van der Waals surface area contributed by atoms with Crippen LogP contribution in [0, 0.1) is 0 Å². The lowest BCUT2D eigenvalue weighted by atomic mass is 10.1. The van der Waals surface area contributed by atoms with Gasteiger partial charge in [0, 0.05) is 43.8 Å². The molecule has 110 valence electrons. The molecule has 0 radical (unpaired) electrons. The quantitative estimate of drug-likeness (QED) is 0.907. The van der Waals surface area contributed by atoms with Gasteiger partial charge in [-0.05, 0) is 18.6 Å². The first-order chi connectivity index (χ1) is 9.58. The highest BCUT2D eigenvalue weighted by atomic mass is 35.5. The van der Waals surface area contributed by atoms with Crippen LogP contribution >= 0.6 is 11.6 Å². The predicted molar refractivity (Wildman–Crippen MR) is 80.1 cm³/mol. The molecule has 1 aromatic carbocycles. The van der Waals surface area contributed by atoms with Crippen molar-refractivity contribution in [3.8, 4) is 0 Å². The molecule has 1 fully saturated rings. The first kappa shape index (κ1) is 15.3. The van der Waals surface area contributed by atoms with Crippen LogP contribution in [-0.4, -0.2) is 53.6 Å². The molecule has 20 heavy (non-hydrogen) atoms. The highest BCUT2D eigenvalue weighted by Crippen LogP contribution is 2.27. The predicted octanol–water partition coefficient (Wildman–Crippen LogP) is 2.49. The van der Waals surface area contributed by atoms with Gasteiger partial charge in [-0.15, -0.1) is 0 Å². The highest BCUT2D eigenvalue weighted by molar-refractivity contribution is 6.31. The number of carboxylic acid groups (broad SMARTS) is 1. The van der Waals surface area contributed by atoms with E-state index in [1.165, 1.54) is 0 Å². The Bertz CT molecular complexity index is 459. The van der Waals surface area contributed by atoms with Crippen LogP contribution in [0.25, 0.3) is 0 Å². The molecule has 0 bridgehead atoms. The van der Waals surface area contributed by atoms with Crippen molar-refractivity contribution in [1.82, 2.24) is 9.80 Å². The molecule has 5 heteroatoms. The lowest BCUT2D eigenvalue weighted by molar-refractivity contribution is -0.137. The fourth-order valence-electron chi connectivity index (χ4n) is 2.64. The number of rotatable bonds is 5. The van der Waals surface area contributed by atoms with Crippen molar-refractivity contribution in [2.75, 3.05) is 32.7 Å². The zero-order chi connectivity index (χ0) is 14.5. The Labute approximate surface area is 124 Å². The SMILES string of the molecule is CC(c1ccccc1Cl)N1CCN(CCC(=O)O)CC1. The van der Waals surface area contributed by atoms with Crippen LogP contribution in [0.4, 0.5) is 0 Å². The van der Waals surface area contributed by atoms with Gasteiger partial charge in [0.25, 0.3) is 0 Å². The highest BCUT2D eigenvalue weighted by Gasteiger charge is 2.23. The maximum absolute atomic E-state index is 10.6. The van der Waals surface area contributed by atoms with Crippen LogP contribution in [0.3, 0.4) is 0 Å². The van der Waals surface area contributed by atoms with Crippen LogP contribution in [0.5, 0.6) is 0 Å². The zero-order valence-electron chi connectivity index (χ0n) is 11.8. The monoisotopic (exact) mass is 296 g/mol. The van der Waals surface area contributed by atoms with Gasteiger partial charge in [0.15, 0.2) is 0 Å². The Kier molecular flexibility index (Phi) is 5.40. The lowest BCUT2D eigenvalue weighted by Gasteiger charge is -2.38. The Morgan fingerprint density at radius 2 is 1.95 bits per heavy atom. The molecule has 1 N–H and O–H groups in total. The van der Waals surface area contributed by atoms with Gasteiger partial charge in [0.05, 0.1) is 6.42 Å². The van der Waals surface area contributed by atoms with Crippen LogP contribution in [-0.2, 0) is 4.79 Å². The molecule has 0 aliphatic carbocycles. The van der Waals surface area contributed by atoms with Crippen LogP contribution in [0.1, 0.15) is 24.9 Å². The van der Waals surface area contributed by atoms with Gasteiger partial charge >= 0.3 is 5.97 Å². The molecule has 1 saturated heterocycles. The summed E-state index contributed by atoms with van der Waals surface area (Å²) in [5.41, 5.74) is 1.16. The number of hydrogen-bond donors (Lipinski definition) is 1. The minimum absolute atomic E-state index is 0.222. The Morgan fingerprint density at radius 1 is 1.30 bits per heavy atom. The van der Waals surface area contributed by atoms with Gasteiger partial charge in [0.2, 0.25) is 0 Å². The average molecular weight is 297 g/mol. The third-order valence-corrected chi connectivity index (χ3v) is 4.30. The molecule has 1 unspecified atom stereocenters. The molecule has 1 heterocycles. The Hall–Kier alpha value is -1.10. The van der Waals surface area contributed by atoms with E-state index in [-0.39, 0.29) is 6.42 Å². The number of piperazine rings is 1. The summed E-state index contributed by atoms with van der Waals surface area (Å²) in [5.74, 6) is -0.725. The first-order valence-corrected chi connectivity index (χ1v) is 7.38. The second-order valence-electron chi connectivity index (χ2n) is 5.22. The number of carbonyl (C=O) groups is 1. The molecule has 0 aromatic heterocycles. The number of carboxylic acids is 1. The van der Waals surface area contributed by atoms with Gasteiger partial charge in [-0.3, -0.25) is 9.69 Å². The van der Waals surface area contributed by atoms with Crippen molar-refractivity contribution in [3.05, 3.63) is 34.9 Å². The van der Waals surface area contributed by atoms with Gasteiger partial charge in [-0.25, -0.2) is 0 Å². The van der Waals surface area contributed by atoms with Gasteiger partial charge in [0.1, 0.15) is 0 Å². The zero-order valence-corrected chi connectivity index (χ0v) is 12.5. The summed E-state index contributed by atoms with van der Waals surface area (Å²) in [4.78, 5) is 15.2. The van der Waals surface area contributed by atoms with Crippen molar-refractivity contribution in [3.63, 3.8) is 0 Å². The van der Waals surface area contributed by atoms with E-state index in [1.807, 2.05) is 18.2 Å². The molecular weight excluding hydrogens is 276 g/mol. The van der Waals surface area contributed by atoms with E-state index in [0.717, 1.165) is 36.8 Å². The molecule has 0 spiro atoms. The van der Waals surface area contributed by atoms with Crippen molar-refractivity contribution in [2.24, 2.45) is 0 Å². The minimum Gasteiger partial charge on any atom is -0.481 e. The van der Waals surface area contributed by atoms with Crippen molar-refractivity contribution < 1.29 is 9.90 Å². The molecule has 4 nitrogen and oxygen atoms in total. The molecule has 2 rings (SSSR count). The fraction of sp³-hybridized carbons (Fsp3) is 0.533. The Balaban J connectivity index is 1.87. The molecule has 1 aromatic rings. The number of hydrogen-bond acceptors (Lipinski definition) is 3. The molecule has 1 aliphatic rings. The summed E-state index contributed by atoms with van der Waals surface area (Å²) < 4.78 is 0. The van der Waals surface area contributed by atoms with Crippen molar-refractivity contribution in [1.29, 1.82) is 0 Å². The molecule has 0 saturated carbocycles. The topological polar surface area (TPSA) is 43.8 Å². The number of nitrogens with zero attached hydrogens (tertiary/aromatic N) is 2. The summed E-state index contributed by atoms with van der Waals surface area (Å²) >= 11 is 6.25. The van der Waals surface area contributed by atoms with E-state index in [2.05, 4.69) is 22.8 Å². The van der Waals surface area contributed by atoms with Crippen molar-refractivity contribution >= 4 is 17.6 Å². The van der Waals surface area contributed by atoms with E-state index in [9.17, 15) is 4.79 Å². The van der Waals surface area contributed by atoms with E-state index in [0.29, 0.717) is 12.6 Å². The summed E-state index contributed by atoms with van der Waals surface area (Å²) in [6, 6.07) is 8.26. The third-order valence-electron chi connectivity index (χ3n) is 3.95. The van der Waals surface area contributed by atoms with E-state index < -0.39 is 5.97 Å². The van der Waals surface area contributed by atoms with Gasteiger partial charge < -0.3 is 10.0 Å². The molecule has 0 amide bonds. The molecule has 1 atom stereocenters. The summed E-state index contributed by atoms with van der Waals surface area (Å²) in [7, 11) is 0. The normalized spacial score (nSPS) is 18.9. The number of aliphatic carboxylic acids is 1. The van der Waals surface area contributed by atoms with Crippen LogP contribution in [0.15, 0.2) is 24.3 Å². The third kappa shape index (κ3) is 3.95. The maximum atomic E-state index is 10.6. The van der Waals surface area contributed by atoms with Crippen LogP contribution < -0.4 is 0 Å². The summed E-state index contributed by atoms with van der Waals surface area (Å²) in [5, 5.41) is 9.53. The first-order valence-electron chi connectivity index (χ1n) is 7.00. The average Bonchev–Trinajstić information content (AvgIpc) is 2.45. The summed E-state index contributed by atoms with van der Waals surface area (Å²) in [6.07, 6.45) is 0.222. The van der Waals surface area contributed by atoms with Crippen LogP contribution in [0.2, 0.25) is 5.02 Å². The number of halogens is 1. The Morgan fingerprint density at radius 3 is 2.55 bits per heavy atom. The number of benzene rings is 1.